The van der Waals surface area contributed by atoms with Crippen molar-refractivity contribution < 1.29 is 4.39 Å². The highest BCUT2D eigenvalue weighted by atomic mass is 32.2. The van der Waals surface area contributed by atoms with Crippen LogP contribution in [0.5, 0.6) is 0 Å². The van der Waals surface area contributed by atoms with E-state index in [9.17, 15) is 4.39 Å². The largest absolute Gasteiger partial charge is 0.330 e. The van der Waals surface area contributed by atoms with E-state index in [1.807, 2.05) is 12.3 Å². The number of benzene rings is 1. The summed E-state index contributed by atoms with van der Waals surface area (Å²) in [5, 5.41) is 0. The Labute approximate surface area is 76.2 Å². The zero-order chi connectivity index (χ0) is 8.97. The Hall–Kier alpha value is -0.540. The second kappa shape index (κ2) is 4.48. The molecule has 0 aliphatic carbocycles. The van der Waals surface area contributed by atoms with Gasteiger partial charge in [0.25, 0.3) is 0 Å². The summed E-state index contributed by atoms with van der Waals surface area (Å²) in [5.41, 5.74) is 6.41. The lowest BCUT2D eigenvalue weighted by Gasteiger charge is -2.05. The van der Waals surface area contributed by atoms with Crippen molar-refractivity contribution in [3.05, 3.63) is 29.6 Å². The fourth-order valence-corrected chi connectivity index (χ4v) is 1.83. The van der Waals surface area contributed by atoms with Crippen LogP contribution in [-0.4, -0.2) is 12.8 Å². The molecule has 12 heavy (non-hydrogen) atoms. The molecule has 0 spiro atoms. The first-order valence-corrected chi connectivity index (χ1v) is 5.03. The van der Waals surface area contributed by atoms with Gasteiger partial charge in [-0.25, -0.2) is 4.39 Å². The van der Waals surface area contributed by atoms with E-state index < -0.39 is 0 Å². The molecule has 0 bridgehead atoms. The summed E-state index contributed by atoms with van der Waals surface area (Å²) in [6, 6.07) is 5.12. The van der Waals surface area contributed by atoms with Crippen LogP contribution >= 0.6 is 11.8 Å². The summed E-state index contributed by atoms with van der Waals surface area (Å²) < 4.78 is 13.1. The molecule has 0 unspecified atom stereocenters. The first-order chi connectivity index (χ1) is 5.79. The van der Waals surface area contributed by atoms with Crippen molar-refractivity contribution in [3.8, 4) is 0 Å². The monoisotopic (exact) mass is 185 g/mol. The molecule has 0 amide bonds. The van der Waals surface area contributed by atoms with E-state index in [4.69, 9.17) is 5.73 Å². The van der Waals surface area contributed by atoms with Crippen molar-refractivity contribution in [1.82, 2.24) is 0 Å². The smallest absolute Gasteiger partial charge is 0.137 e. The minimum absolute atomic E-state index is 0.145. The molecule has 1 aromatic carbocycles. The highest BCUT2D eigenvalue weighted by Gasteiger charge is 2.05. The van der Waals surface area contributed by atoms with Gasteiger partial charge in [0.15, 0.2) is 0 Å². The fraction of sp³-hybridized carbons (Fsp3) is 0.333. The van der Waals surface area contributed by atoms with Crippen molar-refractivity contribution >= 4 is 11.8 Å². The van der Waals surface area contributed by atoms with E-state index in [1.165, 1.54) is 17.8 Å². The first kappa shape index (κ1) is 9.55. The molecule has 66 valence electrons. The van der Waals surface area contributed by atoms with Crippen LogP contribution in [0.2, 0.25) is 0 Å². The SMILES string of the molecule is CSc1c(F)cccc1CCN. The lowest BCUT2D eigenvalue weighted by Crippen LogP contribution is -2.04. The normalized spacial score (nSPS) is 10.2. The van der Waals surface area contributed by atoms with Crippen LogP contribution in [0.3, 0.4) is 0 Å². The Balaban J connectivity index is 3.00. The minimum atomic E-state index is -0.145. The van der Waals surface area contributed by atoms with E-state index in [1.54, 1.807) is 6.07 Å². The Bertz CT molecular complexity index is 263. The Morgan fingerprint density at radius 2 is 2.25 bits per heavy atom. The number of halogens is 1. The third-order valence-corrected chi connectivity index (χ3v) is 2.53. The second-order valence-corrected chi connectivity index (χ2v) is 3.29. The molecule has 1 rings (SSSR count). The standard InChI is InChI=1S/C9H12FNS/c1-12-9-7(5-6-11)3-2-4-8(9)10/h2-4H,5-6,11H2,1H3. The van der Waals surface area contributed by atoms with Crippen LogP contribution < -0.4 is 5.73 Å². The molecule has 0 saturated heterocycles. The predicted molar refractivity (Wildman–Crippen MR) is 50.9 cm³/mol. The van der Waals surface area contributed by atoms with Crippen molar-refractivity contribution in [2.24, 2.45) is 5.73 Å². The van der Waals surface area contributed by atoms with Crippen LogP contribution in [0.1, 0.15) is 5.56 Å². The van der Waals surface area contributed by atoms with Gasteiger partial charge in [-0.05, 0) is 30.9 Å². The summed E-state index contributed by atoms with van der Waals surface area (Å²) in [5.74, 6) is -0.145. The number of rotatable bonds is 3. The highest BCUT2D eigenvalue weighted by molar-refractivity contribution is 7.98. The minimum Gasteiger partial charge on any atom is -0.330 e. The lowest BCUT2D eigenvalue weighted by atomic mass is 10.1. The molecule has 0 heterocycles. The molecule has 0 atom stereocenters. The molecular weight excluding hydrogens is 173 g/mol. The van der Waals surface area contributed by atoms with E-state index in [2.05, 4.69) is 0 Å². The molecule has 0 aliphatic rings. The van der Waals surface area contributed by atoms with Gasteiger partial charge < -0.3 is 5.73 Å². The van der Waals surface area contributed by atoms with Crippen LogP contribution in [-0.2, 0) is 6.42 Å². The fourth-order valence-electron chi connectivity index (χ4n) is 1.13. The maximum absolute atomic E-state index is 13.1. The molecule has 1 nitrogen and oxygen atoms in total. The molecule has 0 aromatic heterocycles. The van der Waals surface area contributed by atoms with Crippen LogP contribution in [0.25, 0.3) is 0 Å². The van der Waals surface area contributed by atoms with Crippen molar-refractivity contribution in [2.75, 3.05) is 12.8 Å². The van der Waals surface area contributed by atoms with Gasteiger partial charge in [-0.1, -0.05) is 12.1 Å². The zero-order valence-electron chi connectivity index (χ0n) is 7.01. The number of hydrogen-bond donors (Lipinski definition) is 1. The summed E-state index contributed by atoms with van der Waals surface area (Å²) >= 11 is 1.43. The zero-order valence-corrected chi connectivity index (χ0v) is 7.83. The van der Waals surface area contributed by atoms with E-state index in [0.29, 0.717) is 6.54 Å². The van der Waals surface area contributed by atoms with E-state index in [-0.39, 0.29) is 5.82 Å². The molecule has 0 fully saturated rings. The average Bonchev–Trinajstić information content (AvgIpc) is 2.05. The molecule has 0 aliphatic heterocycles. The number of thioether (sulfide) groups is 1. The summed E-state index contributed by atoms with van der Waals surface area (Å²) in [4.78, 5) is 0.725. The third-order valence-electron chi connectivity index (χ3n) is 1.67. The van der Waals surface area contributed by atoms with E-state index in [0.717, 1.165) is 16.9 Å². The Kier molecular flexibility index (Phi) is 3.56. The molecule has 3 heteroatoms. The Morgan fingerprint density at radius 1 is 1.50 bits per heavy atom. The van der Waals surface area contributed by atoms with Gasteiger partial charge in [0.05, 0.1) is 0 Å². The summed E-state index contributed by atoms with van der Waals surface area (Å²) in [6.07, 6.45) is 2.62. The lowest BCUT2D eigenvalue weighted by molar-refractivity contribution is 0.597. The summed E-state index contributed by atoms with van der Waals surface area (Å²) in [6.45, 7) is 0.566. The molecule has 1 aromatic rings. The van der Waals surface area contributed by atoms with Crippen molar-refractivity contribution in [3.63, 3.8) is 0 Å². The third kappa shape index (κ3) is 1.99. The van der Waals surface area contributed by atoms with Gasteiger partial charge in [-0.3, -0.25) is 0 Å². The quantitative estimate of drug-likeness (QED) is 0.729. The van der Waals surface area contributed by atoms with Crippen LogP contribution in [0.4, 0.5) is 4.39 Å². The number of nitrogens with two attached hydrogens (primary N) is 1. The van der Waals surface area contributed by atoms with Gasteiger partial charge in [-0.15, -0.1) is 11.8 Å². The predicted octanol–water partition coefficient (Wildman–Crippen LogP) is 2.05. The van der Waals surface area contributed by atoms with Crippen LogP contribution in [0, 0.1) is 5.82 Å². The summed E-state index contributed by atoms with van der Waals surface area (Å²) in [7, 11) is 0. The molecule has 2 N–H and O–H groups in total. The van der Waals surface area contributed by atoms with Gasteiger partial charge >= 0.3 is 0 Å². The molecular formula is C9H12FNS. The van der Waals surface area contributed by atoms with Gasteiger partial charge in [0.2, 0.25) is 0 Å². The number of hydrogen-bond acceptors (Lipinski definition) is 2. The molecule has 0 saturated carbocycles. The second-order valence-electron chi connectivity index (χ2n) is 2.47. The highest BCUT2D eigenvalue weighted by Crippen LogP contribution is 2.23. The maximum atomic E-state index is 13.1. The first-order valence-electron chi connectivity index (χ1n) is 3.81. The van der Waals surface area contributed by atoms with Crippen molar-refractivity contribution in [1.29, 1.82) is 0 Å². The van der Waals surface area contributed by atoms with Crippen molar-refractivity contribution in [2.45, 2.75) is 11.3 Å². The topological polar surface area (TPSA) is 26.0 Å². The maximum Gasteiger partial charge on any atom is 0.137 e. The van der Waals surface area contributed by atoms with Gasteiger partial charge in [-0.2, -0.15) is 0 Å². The van der Waals surface area contributed by atoms with E-state index >= 15 is 0 Å². The van der Waals surface area contributed by atoms with Crippen LogP contribution in [0.15, 0.2) is 23.1 Å². The van der Waals surface area contributed by atoms with Gasteiger partial charge in [0, 0.05) is 4.90 Å². The Morgan fingerprint density at radius 3 is 2.83 bits per heavy atom. The van der Waals surface area contributed by atoms with Gasteiger partial charge in [0.1, 0.15) is 5.82 Å². The average molecular weight is 185 g/mol. The molecule has 0 radical (unpaired) electrons.